The Morgan fingerprint density at radius 1 is 1.67 bits per heavy atom. The summed E-state index contributed by atoms with van der Waals surface area (Å²) < 4.78 is 0. The van der Waals surface area contributed by atoms with Crippen molar-refractivity contribution < 1.29 is 4.79 Å². The van der Waals surface area contributed by atoms with Gasteiger partial charge in [0.1, 0.15) is 5.78 Å². The standard InChI is InChI=1S/C9H13NOS/c1-9(2,10-6-12)7-4-3-5-8(7)11/h7H,3-5H2,1-2H3. The number of ketones is 1. The Morgan fingerprint density at radius 3 is 2.75 bits per heavy atom. The highest BCUT2D eigenvalue weighted by Crippen LogP contribution is 2.33. The molecule has 1 fully saturated rings. The summed E-state index contributed by atoms with van der Waals surface area (Å²) in [5.74, 6) is 0.391. The predicted molar refractivity (Wildman–Crippen MR) is 51.5 cm³/mol. The van der Waals surface area contributed by atoms with Gasteiger partial charge in [0, 0.05) is 12.3 Å². The van der Waals surface area contributed by atoms with Crippen LogP contribution < -0.4 is 0 Å². The highest BCUT2D eigenvalue weighted by molar-refractivity contribution is 7.78. The van der Waals surface area contributed by atoms with Crippen LogP contribution in [0.5, 0.6) is 0 Å². The highest BCUT2D eigenvalue weighted by Gasteiger charge is 2.37. The van der Waals surface area contributed by atoms with Crippen molar-refractivity contribution in [2.75, 3.05) is 0 Å². The fourth-order valence-corrected chi connectivity index (χ4v) is 1.99. The molecule has 1 rings (SSSR count). The first-order valence-electron chi connectivity index (χ1n) is 4.19. The first kappa shape index (κ1) is 9.56. The van der Waals surface area contributed by atoms with Gasteiger partial charge in [-0.25, -0.2) is 4.99 Å². The quantitative estimate of drug-likeness (QED) is 0.485. The number of carbonyl (C=O) groups is 1. The molecule has 1 unspecified atom stereocenters. The molecule has 3 heteroatoms. The first-order valence-corrected chi connectivity index (χ1v) is 4.60. The van der Waals surface area contributed by atoms with E-state index in [0.29, 0.717) is 12.2 Å². The van der Waals surface area contributed by atoms with Crippen LogP contribution >= 0.6 is 12.2 Å². The number of hydrogen-bond donors (Lipinski definition) is 0. The van der Waals surface area contributed by atoms with Crippen LogP contribution in [0.15, 0.2) is 4.99 Å². The average molecular weight is 183 g/mol. The normalized spacial score (nSPS) is 23.8. The van der Waals surface area contributed by atoms with Gasteiger partial charge in [-0.3, -0.25) is 4.79 Å². The summed E-state index contributed by atoms with van der Waals surface area (Å²) in [6.45, 7) is 3.89. The van der Waals surface area contributed by atoms with E-state index in [9.17, 15) is 4.79 Å². The first-order chi connectivity index (χ1) is 5.58. The van der Waals surface area contributed by atoms with Crippen LogP contribution in [0.1, 0.15) is 33.1 Å². The topological polar surface area (TPSA) is 29.4 Å². The van der Waals surface area contributed by atoms with E-state index in [4.69, 9.17) is 0 Å². The van der Waals surface area contributed by atoms with Crippen LogP contribution in [0.25, 0.3) is 0 Å². The van der Waals surface area contributed by atoms with Crippen molar-refractivity contribution in [2.24, 2.45) is 10.9 Å². The minimum Gasteiger partial charge on any atom is -0.299 e. The van der Waals surface area contributed by atoms with Crippen molar-refractivity contribution in [2.45, 2.75) is 38.6 Å². The van der Waals surface area contributed by atoms with E-state index in [1.807, 2.05) is 13.8 Å². The van der Waals surface area contributed by atoms with Crippen LogP contribution in [0, 0.1) is 5.92 Å². The molecule has 1 aliphatic carbocycles. The average Bonchev–Trinajstić information content (AvgIpc) is 2.35. The van der Waals surface area contributed by atoms with Gasteiger partial charge in [-0.05, 0) is 38.9 Å². The number of nitrogens with zero attached hydrogens (tertiary/aromatic N) is 1. The summed E-state index contributed by atoms with van der Waals surface area (Å²) in [6, 6.07) is 0. The van der Waals surface area contributed by atoms with E-state index in [2.05, 4.69) is 22.4 Å². The lowest BCUT2D eigenvalue weighted by molar-refractivity contribution is -0.122. The SMILES string of the molecule is CC(C)(N=C=S)C1CCCC1=O. The Bertz CT molecular complexity index is 241. The lowest BCUT2D eigenvalue weighted by atomic mass is 9.86. The highest BCUT2D eigenvalue weighted by atomic mass is 32.1. The second-order valence-electron chi connectivity index (χ2n) is 3.77. The van der Waals surface area contributed by atoms with Crippen LogP contribution in [0.4, 0.5) is 0 Å². The van der Waals surface area contributed by atoms with Gasteiger partial charge in [0.05, 0.1) is 10.7 Å². The molecule has 66 valence electrons. The third kappa shape index (κ3) is 1.79. The Morgan fingerprint density at radius 2 is 2.33 bits per heavy atom. The molecule has 0 radical (unpaired) electrons. The van der Waals surface area contributed by atoms with Gasteiger partial charge in [0.25, 0.3) is 0 Å². The number of carbonyl (C=O) groups excluding carboxylic acids is 1. The minimum atomic E-state index is -0.338. The molecular weight excluding hydrogens is 170 g/mol. The van der Waals surface area contributed by atoms with Crippen molar-refractivity contribution in [3.63, 3.8) is 0 Å². The lowest BCUT2D eigenvalue weighted by Gasteiger charge is -2.24. The van der Waals surface area contributed by atoms with Crippen molar-refractivity contribution in [3.05, 3.63) is 0 Å². The van der Waals surface area contributed by atoms with E-state index in [1.54, 1.807) is 0 Å². The third-order valence-corrected chi connectivity index (χ3v) is 2.58. The Balaban J connectivity index is 2.80. The number of isothiocyanates is 1. The number of thiocarbonyl (C=S) groups is 1. The molecule has 2 nitrogen and oxygen atoms in total. The Kier molecular flexibility index (Phi) is 2.76. The monoisotopic (exact) mass is 183 g/mol. The molecule has 0 bridgehead atoms. The number of aliphatic imine (C=N–C) groups is 1. The summed E-state index contributed by atoms with van der Waals surface area (Å²) in [6.07, 6.45) is 2.66. The van der Waals surface area contributed by atoms with Gasteiger partial charge >= 0.3 is 0 Å². The van der Waals surface area contributed by atoms with E-state index in [1.165, 1.54) is 0 Å². The van der Waals surface area contributed by atoms with Gasteiger partial charge in [-0.15, -0.1) is 0 Å². The smallest absolute Gasteiger partial charge is 0.138 e. The molecule has 0 spiro atoms. The van der Waals surface area contributed by atoms with Crippen LogP contribution in [0.2, 0.25) is 0 Å². The molecule has 12 heavy (non-hydrogen) atoms. The van der Waals surface area contributed by atoms with Crippen molar-refractivity contribution in [1.29, 1.82) is 0 Å². The fourth-order valence-electron chi connectivity index (χ4n) is 1.76. The number of hydrogen-bond acceptors (Lipinski definition) is 3. The van der Waals surface area contributed by atoms with E-state index in [-0.39, 0.29) is 11.5 Å². The molecule has 0 amide bonds. The zero-order valence-corrected chi connectivity index (χ0v) is 8.28. The maximum atomic E-state index is 11.4. The summed E-state index contributed by atoms with van der Waals surface area (Å²) >= 11 is 4.55. The van der Waals surface area contributed by atoms with E-state index < -0.39 is 0 Å². The maximum Gasteiger partial charge on any atom is 0.138 e. The molecule has 0 saturated heterocycles. The van der Waals surface area contributed by atoms with Crippen LogP contribution in [0.3, 0.4) is 0 Å². The van der Waals surface area contributed by atoms with Gasteiger partial charge < -0.3 is 0 Å². The van der Waals surface area contributed by atoms with E-state index in [0.717, 1.165) is 12.8 Å². The molecule has 1 saturated carbocycles. The third-order valence-electron chi connectivity index (χ3n) is 2.49. The zero-order valence-electron chi connectivity index (χ0n) is 7.46. The maximum absolute atomic E-state index is 11.4. The van der Waals surface area contributed by atoms with Gasteiger partial charge in [0.2, 0.25) is 0 Å². The van der Waals surface area contributed by atoms with E-state index >= 15 is 0 Å². The Labute approximate surface area is 78.1 Å². The van der Waals surface area contributed by atoms with Crippen LogP contribution in [-0.4, -0.2) is 16.5 Å². The molecule has 0 aromatic heterocycles. The second-order valence-corrected chi connectivity index (χ2v) is 3.95. The minimum absolute atomic E-state index is 0.0629. The molecule has 0 aromatic carbocycles. The summed E-state index contributed by atoms with van der Waals surface area (Å²) in [5, 5.41) is 2.36. The molecule has 1 aliphatic rings. The lowest BCUT2D eigenvalue weighted by Crippen LogP contribution is -2.31. The second kappa shape index (κ2) is 3.46. The molecular formula is C9H13NOS. The molecule has 1 atom stereocenters. The summed E-state index contributed by atoms with van der Waals surface area (Å²) in [7, 11) is 0. The van der Waals surface area contributed by atoms with Crippen LogP contribution in [-0.2, 0) is 4.79 Å². The Hall–Kier alpha value is -0.530. The summed E-state index contributed by atoms with van der Waals surface area (Å²) in [5.41, 5.74) is -0.338. The molecule has 0 aromatic rings. The fraction of sp³-hybridized carbons (Fsp3) is 0.778. The van der Waals surface area contributed by atoms with Crippen molar-refractivity contribution in [1.82, 2.24) is 0 Å². The predicted octanol–water partition coefficient (Wildman–Crippen LogP) is 2.24. The van der Waals surface area contributed by atoms with Crippen molar-refractivity contribution >= 4 is 23.2 Å². The molecule has 0 N–H and O–H groups in total. The van der Waals surface area contributed by atoms with Gasteiger partial charge in [0.15, 0.2) is 0 Å². The van der Waals surface area contributed by atoms with Gasteiger partial charge in [-0.1, -0.05) is 0 Å². The van der Waals surface area contributed by atoms with Crippen molar-refractivity contribution in [3.8, 4) is 0 Å². The zero-order chi connectivity index (χ0) is 9.19. The molecule has 0 heterocycles. The van der Waals surface area contributed by atoms with Gasteiger partial charge in [-0.2, -0.15) is 0 Å². The summed E-state index contributed by atoms with van der Waals surface area (Å²) in [4.78, 5) is 15.4. The largest absolute Gasteiger partial charge is 0.299 e. The number of rotatable bonds is 2. The molecule has 0 aliphatic heterocycles. The number of Topliss-reactive ketones (excluding diaryl/α,β-unsaturated/α-hetero) is 1.